The fraction of sp³-hybridized carbons (Fsp3) is 0.174. The fourth-order valence-electron chi connectivity index (χ4n) is 3.46. The SMILES string of the molecule is CC(=O)CCC(c1ccccc1)(c1ccccc1)c1ccccc1. The van der Waals surface area contributed by atoms with Gasteiger partial charge in [0.2, 0.25) is 0 Å². The Morgan fingerprint density at radius 1 is 0.667 bits per heavy atom. The van der Waals surface area contributed by atoms with Crippen LogP contribution in [-0.2, 0) is 10.2 Å². The van der Waals surface area contributed by atoms with Gasteiger partial charge in [0, 0.05) is 11.8 Å². The van der Waals surface area contributed by atoms with Crippen molar-refractivity contribution >= 4 is 5.78 Å². The Morgan fingerprint density at radius 3 is 1.29 bits per heavy atom. The van der Waals surface area contributed by atoms with Gasteiger partial charge in [0.05, 0.1) is 0 Å². The maximum absolute atomic E-state index is 11.8. The molecule has 0 radical (unpaired) electrons. The number of ketones is 1. The minimum absolute atomic E-state index is 0.224. The molecule has 1 nitrogen and oxygen atoms in total. The molecule has 0 spiro atoms. The average molecular weight is 314 g/mol. The van der Waals surface area contributed by atoms with E-state index in [2.05, 4.69) is 72.8 Å². The van der Waals surface area contributed by atoms with Gasteiger partial charge in [-0.05, 0) is 30.0 Å². The molecule has 3 aromatic rings. The highest BCUT2D eigenvalue weighted by molar-refractivity contribution is 5.76. The van der Waals surface area contributed by atoms with E-state index in [0.717, 1.165) is 6.42 Å². The second-order valence-corrected chi connectivity index (χ2v) is 6.21. The van der Waals surface area contributed by atoms with Crippen LogP contribution in [0.4, 0.5) is 0 Å². The van der Waals surface area contributed by atoms with Crippen LogP contribution < -0.4 is 0 Å². The summed E-state index contributed by atoms with van der Waals surface area (Å²) in [4.78, 5) is 11.8. The summed E-state index contributed by atoms with van der Waals surface area (Å²) in [6.07, 6.45) is 1.32. The van der Waals surface area contributed by atoms with E-state index in [1.54, 1.807) is 6.92 Å². The summed E-state index contributed by atoms with van der Waals surface area (Å²) in [5, 5.41) is 0. The molecule has 0 saturated heterocycles. The van der Waals surface area contributed by atoms with E-state index in [1.165, 1.54) is 16.7 Å². The van der Waals surface area contributed by atoms with Crippen molar-refractivity contribution in [2.75, 3.05) is 0 Å². The van der Waals surface area contributed by atoms with Gasteiger partial charge in [-0.1, -0.05) is 91.0 Å². The lowest BCUT2D eigenvalue weighted by Gasteiger charge is -2.36. The molecule has 0 aliphatic carbocycles. The van der Waals surface area contributed by atoms with E-state index in [9.17, 15) is 4.79 Å². The van der Waals surface area contributed by atoms with Crippen LogP contribution in [0.15, 0.2) is 91.0 Å². The monoisotopic (exact) mass is 314 g/mol. The van der Waals surface area contributed by atoms with Gasteiger partial charge in [-0.15, -0.1) is 0 Å². The quantitative estimate of drug-likeness (QED) is 0.557. The molecule has 3 rings (SSSR count). The van der Waals surface area contributed by atoms with Gasteiger partial charge in [-0.2, -0.15) is 0 Å². The van der Waals surface area contributed by atoms with Crippen molar-refractivity contribution in [1.29, 1.82) is 0 Å². The zero-order chi connectivity index (χ0) is 16.8. The van der Waals surface area contributed by atoms with Crippen LogP contribution in [0.2, 0.25) is 0 Å². The van der Waals surface area contributed by atoms with Crippen molar-refractivity contribution < 1.29 is 4.79 Å². The number of hydrogen-bond donors (Lipinski definition) is 0. The number of hydrogen-bond acceptors (Lipinski definition) is 1. The largest absolute Gasteiger partial charge is 0.300 e. The first-order valence-electron chi connectivity index (χ1n) is 8.39. The fourth-order valence-corrected chi connectivity index (χ4v) is 3.46. The van der Waals surface area contributed by atoms with Crippen molar-refractivity contribution in [1.82, 2.24) is 0 Å². The number of carbonyl (C=O) groups is 1. The highest BCUT2D eigenvalue weighted by Gasteiger charge is 2.35. The summed E-state index contributed by atoms with van der Waals surface area (Å²) in [6, 6.07) is 31.6. The molecule has 0 unspecified atom stereocenters. The molecule has 3 aromatic carbocycles. The Hall–Kier alpha value is -2.67. The van der Waals surface area contributed by atoms with Crippen LogP contribution in [-0.4, -0.2) is 5.78 Å². The summed E-state index contributed by atoms with van der Waals surface area (Å²) >= 11 is 0. The predicted octanol–water partition coefficient (Wildman–Crippen LogP) is 5.39. The Kier molecular flexibility index (Phi) is 4.90. The van der Waals surface area contributed by atoms with Gasteiger partial charge in [-0.3, -0.25) is 0 Å². The number of benzene rings is 3. The Balaban J connectivity index is 2.26. The summed E-state index contributed by atoms with van der Waals surface area (Å²) in [7, 11) is 0. The third-order valence-corrected chi connectivity index (χ3v) is 4.65. The first-order valence-corrected chi connectivity index (χ1v) is 8.39. The van der Waals surface area contributed by atoms with Crippen molar-refractivity contribution in [3.63, 3.8) is 0 Å². The summed E-state index contributed by atoms with van der Waals surface area (Å²) in [5.41, 5.74) is 3.37. The summed E-state index contributed by atoms with van der Waals surface area (Å²) < 4.78 is 0. The first kappa shape index (κ1) is 16.2. The van der Waals surface area contributed by atoms with Crippen molar-refractivity contribution in [3.05, 3.63) is 108 Å². The maximum atomic E-state index is 11.8. The average Bonchev–Trinajstić information content (AvgIpc) is 2.65. The van der Waals surface area contributed by atoms with Gasteiger partial charge >= 0.3 is 0 Å². The number of rotatable bonds is 6. The molecule has 120 valence electrons. The molecule has 0 aliphatic rings. The molecule has 0 fully saturated rings. The van der Waals surface area contributed by atoms with E-state index in [4.69, 9.17) is 0 Å². The third-order valence-electron chi connectivity index (χ3n) is 4.65. The Morgan fingerprint density at radius 2 is 1.00 bits per heavy atom. The second kappa shape index (κ2) is 7.27. The van der Waals surface area contributed by atoms with E-state index >= 15 is 0 Å². The Bertz CT molecular complexity index is 679. The number of Topliss-reactive ketones (excluding diaryl/α,β-unsaturated/α-hetero) is 1. The molecule has 0 N–H and O–H groups in total. The van der Waals surface area contributed by atoms with Gasteiger partial charge < -0.3 is 4.79 Å². The molecule has 0 aliphatic heterocycles. The predicted molar refractivity (Wildman–Crippen MR) is 99.1 cm³/mol. The summed E-state index contributed by atoms with van der Waals surface area (Å²) in [5.74, 6) is 0.224. The molecular formula is C23H22O. The van der Waals surface area contributed by atoms with Gasteiger partial charge in [0.15, 0.2) is 0 Å². The van der Waals surface area contributed by atoms with Crippen LogP contribution in [0, 0.1) is 0 Å². The first-order chi connectivity index (χ1) is 11.7. The highest BCUT2D eigenvalue weighted by Crippen LogP contribution is 2.42. The molecule has 0 atom stereocenters. The minimum atomic E-state index is -0.310. The van der Waals surface area contributed by atoms with E-state index in [0.29, 0.717) is 6.42 Å². The highest BCUT2D eigenvalue weighted by atomic mass is 16.1. The zero-order valence-electron chi connectivity index (χ0n) is 14.0. The molecule has 1 heteroatoms. The summed E-state index contributed by atoms with van der Waals surface area (Å²) in [6.45, 7) is 1.67. The molecule has 0 bridgehead atoms. The van der Waals surface area contributed by atoms with E-state index in [1.807, 2.05) is 18.2 Å². The smallest absolute Gasteiger partial charge is 0.129 e. The molecular weight excluding hydrogens is 292 g/mol. The van der Waals surface area contributed by atoms with Gasteiger partial charge in [-0.25, -0.2) is 0 Å². The van der Waals surface area contributed by atoms with E-state index in [-0.39, 0.29) is 11.2 Å². The van der Waals surface area contributed by atoms with E-state index < -0.39 is 0 Å². The van der Waals surface area contributed by atoms with Gasteiger partial charge in [0.25, 0.3) is 0 Å². The lowest BCUT2D eigenvalue weighted by Crippen LogP contribution is -2.30. The zero-order valence-corrected chi connectivity index (χ0v) is 14.0. The normalized spacial score (nSPS) is 11.2. The topological polar surface area (TPSA) is 17.1 Å². The maximum Gasteiger partial charge on any atom is 0.129 e. The molecule has 0 amide bonds. The number of carbonyl (C=O) groups excluding carboxylic acids is 1. The molecule has 0 saturated carbocycles. The standard InChI is InChI=1S/C23H22O/c1-19(24)17-18-23(20-11-5-2-6-12-20,21-13-7-3-8-14-21)22-15-9-4-10-16-22/h2-16H,17-18H2,1H3. The molecule has 0 heterocycles. The van der Waals surface area contributed by atoms with Crippen molar-refractivity contribution in [2.24, 2.45) is 0 Å². The lowest BCUT2D eigenvalue weighted by atomic mass is 9.66. The Labute approximate surface area is 144 Å². The second-order valence-electron chi connectivity index (χ2n) is 6.21. The third kappa shape index (κ3) is 3.16. The van der Waals surface area contributed by atoms with Crippen molar-refractivity contribution in [3.8, 4) is 0 Å². The molecule has 0 aromatic heterocycles. The van der Waals surface area contributed by atoms with Crippen molar-refractivity contribution in [2.45, 2.75) is 25.2 Å². The van der Waals surface area contributed by atoms with Crippen LogP contribution in [0.5, 0.6) is 0 Å². The van der Waals surface area contributed by atoms with Crippen LogP contribution in [0.1, 0.15) is 36.5 Å². The van der Waals surface area contributed by atoms with Crippen LogP contribution in [0.25, 0.3) is 0 Å². The van der Waals surface area contributed by atoms with Gasteiger partial charge in [0.1, 0.15) is 5.78 Å². The van der Waals surface area contributed by atoms with Crippen LogP contribution in [0.3, 0.4) is 0 Å². The lowest BCUT2D eigenvalue weighted by molar-refractivity contribution is -0.117. The minimum Gasteiger partial charge on any atom is -0.300 e. The van der Waals surface area contributed by atoms with Crippen LogP contribution >= 0.6 is 0 Å². The molecule has 24 heavy (non-hydrogen) atoms.